The Balaban J connectivity index is 1.87. The largest absolute Gasteiger partial charge is 0.347 e. The number of hydrogen-bond acceptors (Lipinski definition) is 4. The van der Waals surface area contributed by atoms with E-state index in [2.05, 4.69) is 46.1 Å². The number of rotatable bonds is 7. The van der Waals surface area contributed by atoms with Crippen LogP contribution in [0.4, 0.5) is 0 Å². The van der Waals surface area contributed by atoms with Gasteiger partial charge >= 0.3 is 0 Å². The fraction of sp³-hybridized carbons (Fsp3) is 0.421. The molecule has 1 aromatic carbocycles. The van der Waals surface area contributed by atoms with E-state index in [9.17, 15) is 4.79 Å². The van der Waals surface area contributed by atoms with Crippen LogP contribution >= 0.6 is 11.8 Å². The summed E-state index contributed by atoms with van der Waals surface area (Å²) in [7, 11) is 1.96. The highest BCUT2D eigenvalue weighted by atomic mass is 32.2. The first-order chi connectivity index (χ1) is 12.6. The molecule has 6 nitrogen and oxygen atoms in total. The van der Waals surface area contributed by atoms with Crippen molar-refractivity contribution in [3.8, 4) is 11.4 Å². The van der Waals surface area contributed by atoms with Crippen molar-refractivity contribution < 1.29 is 4.79 Å². The molecule has 0 unspecified atom stereocenters. The Hall–Kier alpha value is -2.28. The summed E-state index contributed by atoms with van der Waals surface area (Å²) >= 11 is 1.44. The summed E-state index contributed by atoms with van der Waals surface area (Å²) in [6, 6.07) is 8.33. The number of carbonyl (C=O) groups excluding carboxylic acids is 1. The molecule has 3 rings (SSSR count). The third-order valence-electron chi connectivity index (χ3n) is 4.65. The van der Waals surface area contributed by atoms with Crippen molar-refractivity contribution in [3.05, 3.63) is 30.5 Å². The third-order valence-corrected chi connectivity index (χ3v) is 5.65. The minimum Gasteiger partial charge on any atom is -0.347 e. The SMILES string of the molecule is CCN(CC)C(=O)CSc1nnc(-c2cn(CC)c3ccccc23)n1C. The van der Waals surface area contributed by atoms with Crippen molar-refractivity contribution in [2.24, 2.45) is 7.05 Å². The number of benzene rings is 1. The molecular weight excluding hydrogens is 346 g/mol. The first-order valence-electron chi connectivity index (χ1n) is 8.98. The zero-order chi connectivity index (χ0) is 18.7. The van der Waals surface area contributed by atoms with E-state index in [-0.39, 0.29) is 5.91 Å². The maximum atomic E-state index is 12.2. The molecule has 0 atom stereocenters. The molecule has 138 valence electrons. The lowest BCUT2D eigenvalue weighted by Crippen LogP contribution is -2.31. The highest BCUT2D eigenvalue weighted by molar-refractivity contribution is 7.99. The van der Waals surface area contributed by atoms with Crippen LogP contribution in [0.25, 0.3) is 22.3 Å². The number of carbonyl (C=O) groups is 1. The van der Waals surface area contributed by atoms with Gasteiger partial charge in [-0.1, -0.05) is 30.0 Å². The monoisotopic (exact) mass is 371 g/mol. The fourth-order valence-corrected chi connectivity index (χ4v) is 3.97. The van der Waals surface area contributed by atoms with E-state index in [0.29, 0.717) is 5.75 Å². The van der Waals surface area contributed by atoms with Crippen molar-refractivity contribution >= 4 is 28.6 Å². The lowest BCUT2D eigenvalue weighted by molar-refractivity contribution is -0.127. The molecule has 0 aliphatic heterocycles. The quantitative estimate of drug-likeness (QED) is 0.597. The van der Waals surface area contributed by atoms with E-state index < -0.39 is 0 Å². The van der Waals surface area contributed by atoms with Crippen LogP contribution in [0, 0.1) is 0 Å². The molecule has 0 radical (unpaired) electrons. The second-order valence-corrected chi connectivity index (χ2v) is 7.01. The smallest absolute Gasteiger partial charge is 0.233 e. The fourth-order valence-electron chi connectivity index (χ4n) is 3.16. The number of para-hydroxylation sites is 1. The molecule has 0 bridgehead atoms. The Morgan fingerprint density at radius 1 is 1.15 bits per heavy atom. The van der Waals surface area contributed by atoms with Gasteiger partial charge in [0.1, 0.15) is 0 Å². The standard InChI is InChI=1S/C19H25N5OS/c1-5-23(6-2)17(25)13-26-19-21-20-18(22(19)4)15-12-24(7-3)16-11-9-8-10-14(15)16/h8-12H,5-7,13H2,1-4H3. The van der Waals surface area contributed by atoms with Crippen molar-refractivity contribution in [1.82, 2.24) is 24.2 Å². The molecule has 26 heavy (non-hydrogen) atoms. The molecule has 2 aromatic heterocycles. The highest BCUT2D eigenvalue weighted by Crippen LogP contribution is 2.31. The summed E-state index contributed by atoms with van der Waals surface area (Å²) in [6.07, 6.45) is 2.13. The van der Waals surface area contributed by atoms with Crippen LogP contribution in [-0.4, -0.2) is 49.0 Å². The number of aryl methyl sites for hydroxylation is 1. The van der Waals surface area contributed by atoms with Gasteiger partial charge in [0, 0.05) is 49.3 Å². The van der Waals surface area contributed by atoms with Gasteiger partial charge in [-0.15, -0.1) is 10.2 Å². The maximum absolute atomic E-state index is 12.2. The summed E-state index contributed by atoms with van der Waals surface area (Å²) in [5.41, 5.74) is 2.26. The lowest BCUT2D eigenvalue weighted by atomic mass is 10.1. The van der Waals surface area contributed by atoms with Gasteiger partial charge in [0.2, 0.25) is 5.91 Å². The molecule has 0 spiro atoms. The predicted molar refractivity (Wildman–Crippen MR) is 106 cm³/mol. The summed E-state index contributed by atoms with van der Waals surface area (Å²) < 4.78 is 4.19. The first-order valence-corrected chi connectivity index (χ1v) is 9.97. The number of amides is 1. The van der Waals surface area contributed by atoms with Crippen LogP contribution in [0.15, 0.2) is 35.6 Å². The summed E-state index contributed by atoms with van der Waals surface area (Å²) in [6.45, 7) is 8.49. The summed E-state index contributed by atoms with van der Waals surface area (Å²) in [4.78, 5) is 14.1. The summed E-state index contributed by atoms with van der Waals surface area (Å²) in [5.74, 6) is 1.34. The minimum absolute atomic E-state index is 0.132. The van der Waals surface area contributed by atoms with Crippen molar-refractivity contribution in [3.63, 3.8) is 0 Å². The maximum Gasteiger partial charge on any atom is 0.233 e. The molecule has 0 saturated heterocycles. The third kappa shape index (κ3) is 3.35. The predicted octanol–water partition coefficient (Wildman–Crippen LogP) is 3.42. The van der Waals surface area contributed by atoms with Crippen LogP contribution in [-0.2, 0) is 18.4 Å². The van der Waals surface area contributed by atoms with E-state index in [1.165, 1.54) is 22.7 Å². The normalized spacial score (nSPS) is 11.2. The van der Waals surface area contributed by atoms with Crippen molar-refractivity contribution in [2.75, 3.05) is 18.8 Å². The van der Waals surface area contributed by atoms with Crippen molar-refractivity contribution in [2.45, 2.75) is 32.5 Å². The highest BCUT2D eigenvalue weighted by Gasteiger charge is 2.18. The molecule has 2 heterocycles. The summed E-state index contributed by atoms with van der Waals surface area (Å²) in [5, 5.41) is 10.6. The number of nitrogens with zero attached hydrogens (tertiary/aromatic N) is 5. The lowest BCUT2D eigenvalue weighted by Gasteiger charge is -2.17. The first kappa shape index (κ1) is 18.5. The average Bonchev–Trinajstić information content (AvgIpc) is 3.21. The van der Waals surface area contributed by atoms with Gasteiger partial charge in [0.15, 0.2) is 11.0 Å². The van der Waals surface area contributed by atoms with Gasteiger partial charge in [-0.3, -0.25) is 4.79 Å². The zero-order valence-electron chi connectivity index (χ0n) is 15.8. The van der Waals surface area contributed by atoms with Gasteiger partial charge in [0.25, 0.3) is 0 Å². The Morgan fingerprint density at radius 2 is 1.88 bits per heavy atom. The molecule has 0 aliphatic carbocycles. The van der Waals surface area contributed by atoms with E-state index in [1.54, 1.807) is 0 Å². The topological polar surface area (TPSA) is 56.0 Å². The van der Waals surface area contributed by atoms with E-state index in [1.807, 2.05) is 36.4 Å². The van der Waals surface area contributed by atoms with Gasteiger partial charge in [-0.25, -0.2) is 0 Å². The van der Waals surface area contributed by atoms with Crippen LogP contribution in [0.2, 0.25) is 0 Å². The molecule has 0 aliphatic rings. The van der Waals surface area contributed by atoms with Gasteiger partial charge < -0.3 is 14.0 Å². The van der Waals surface area contributed by atoms with E-state index in [4.69, 9.17) is 0 Å². The molecule has 1 amide bonds. The van der Waals surface area contributed by atoms with Crippen LogP contribution in [0.1, 0.15) is 20.8 Å². The van der Waals surface area contributed by atoms with Gasteiger partial charge in [0.05, 0.1) is 5.75 Å². The molecular formula is C19H25N5OS. The van der Waals surface area contributed by atoms with Crippen LogP contribution < -0.4 is 0 Å². The van der Waals surface area contributed by atoms with Crippen LogP contribution in [0.3, 0.4) is 0 Å². The molecule has 7 heteroatoms. The number of thioether (sulfide) groups is 1. The average molecular weight is 372 g/mol. The molecule has 0 fully saturated rings. The minimum atomic E-state index is 0.132. The van der Waals surface area contributed by atoms with E-state index in [0.717, 1.165) is 36.2 Å². The number of aromatic nitrogens is 4. The van der Waals surface area contributed by atoms with Gasteiger partial charge in [-0.2, -0.15) is 0 Å². The van der Waals surface area contributed by atoms with Crippen LogP contribution in [0.5, 0.6) is 0 Å². The second-order valence-electron chi connectivity index (χ2n) is 6.07. The Kier molecular flexibility index (Phi) is 5.66. The van der Waals surface area contributed by atoms with E-state index >= 15 is 0 Å². The Bertz CT molecular complexity index is 910. The molecule has 0 saturated carbocycles. The number of hydrogen-bond donors (Lipinski definition) is 0. The second kappa shape index (κ2) is 7.95. The van der Waals surface area contributed by atoms with Crippen molar-refractivity contribution in [1.29, 1.82) is 0 Å². The zero-order valence-corrected chi connectivity index (χ0v) is 16.6. The Labute approximate surface area is 158 Å². The number of fused-ring (bicyclic) bond motifs is 1. The molecule has 0 N–H and O–H groups in total. The Morgan fingerprint density at radius 3 is 2.58 bits per heavy atom. The van der Waals surface area contributed by atoms with Gasteiger partial charge in [-0.05, 0) is 26.8 Å². The molecule has 3 aromatic rings.